The zero-order chi connectivity index (χ0) is 13.0. The average Bonchev–Trinajstić information content (AvgIpc) is 2.40. The van der Waals surface area contributed by atoms with Gasteiger partial charge in [-0.3, -0.25) is 4.98 Å². The third-order valence-corrected chi connectivity index (χ3v) is 3.38. The van der Waals surface area contributed by atoms with Gasteiger partial charge in [-0.2, -0.15) is 0 Å². The number of nitrogens with zero attached hydrogens (tertiary/aromatic N) is 1. The van der Waals surface area contributed by atoms with Gasteiger partial charge >= 0.3 is 0 Å². The van der Waals surface area contributed by atoms with Crippen LogP contribution in [-0.4, -0.2) is 11.5 Å². The number of pyridine rings is 1. The summed E-state index contributed by atoms with van der Waals surface area (Å²) in [6, 6.07) is 10.6. The van der Waals surface area contributed by atoms with Gasteiger partial charge < -0.3 is 5.73 Å². The van der Waals surface area contributed by atoms with Crippen molar-refractivity contribution in [2.24, 2.45) is 5.73 Å². The number of benzene rings is 1. The van der Waals surface area contributed by atoms with Crippen LogP contribution in [0.1, 0.15) is 30.4 Å². The van der Waals surface area contributed by atoms with Crippen LogP contribution < -0.4 is 5.73 Å². The smallest absolute Gasteiger partial charge is 0.0346 e. The number of aryl methyl sites for hydroxylation is 1. The van der Waals surface area contributed by atoms with Gasteiger partial charge in [0, 0.05) is 18.0 Å². The summed E-state index contributed by atoms with van der Waals surface area (Å²) in [5, 5.41) is 0. The molecule has 1 atom stereocenters. The zero-order valence-electron chi connectivity index (χ0n) is 11.1. The molecule has 0 amide bonds. The van der Waals surface area contributed by atoms with E-state index >= 15 is 0 Å². The lowest BCUT2D eigenvalue weighted by atomic mass is 9.95. The van der Waals surface area contributed by atoms with Crippen molar-refractivity contribution in [2.45, 2.75) is 26.2 Å². The van der Waals surface area contributed by atoms with Gasteiger partial charge in [0.15, 0.2) is 0 Å². The van der Waals surface area contributed by atoms with Crippen LogP contribution in [0, 0.1) is 6.92 Å². The monoisotopic (exact) mass is 240 g/mol. The lowest BCUT2D eigenvalue weighted by Crippen LogP contribution is -2.05. The summed E-state index contributed by atoms with van der Waals surface area (Å²) < 4.78 is 0. The van der Waals surface area contributed by atoms with E-state index in [2.05, 4.69) is 49.2 Å². The van der Waals surface area contributed by atoms with Gasteiger partial charge in [0.05, 0.1) is 0 Å². The number of rotatable bonds is 4. The molecule has 2 N–H and O–H groups in total. The van der Waals surface area contributed by atoms with Gasteiger partial charge in [0.2, 0.25) is 0 Å². The Hall–Kier alpha value is -1.67. The highest BCUT2D eigenvalue weighted by Gasteiger charge is 2.07. The van der Waals surface area contributed by atoms with E-state index in [0.29, 0.717) is 5.92 Å². The fourth-order valence-corrected chi connectivity index (χ4v) is 2.19. The molecule has 18 heavy (non-hydrogen) atoms. The summed E-state index contributed by atoms with van der Waals surface area (Å²) in [5.41, 5.74) is 10.6. The highest BCUT2D eigenvalue weighted by atomic mass is 14.6. The molecule has 2 nitrogen and oxygen atoms in total. The van der Waals surface area contributed by atoms with E-state index in [4.69, 9.17) is 5.73 Å². The zero-order valence-corrected chi connectivity index (χ0v) is 11.1. The van der Waals surface area contributed by atoms with Crippen LogP contribution in [-0.2, 0) is 0 Å². The Kier molecular flexibility index (Phi) is 4.11. The average molecular weight is 240 g/mol. The van der Waals surface area contributed by atoms with Gasteiger partial charge in [-0.05, 0) is 48.6 Å². The van der Waals surface area contributed by atoms with Gasteiger partial charge in [-0.25, -0.2) is 0 Å². The molecule has 0 saturated heterocycles. The molecule has 0 radical (unpaired) electrons. The molecule has 2 aromatic rings. The quantitative estimate of drug-likeness (QED) is 0.888. The summed E-state index contributed by atoms with van der Waals surface area (Å²) in [7, 11) is 0. The molecule has 0 fully saturated rings. The second-order valence-corrected chi connectivity index (χ2v) is 4.80. The lowest BCUT2D eigenvalue weighted by molar-refractivity contribution is 0.687. The first-order chi connectivity index (χ1) is 8.72. The van der Waals surface area contributed by atoms with Crippen LogP contribution in [0.5, 0.6) is 0 Å². The first-order valence-corrected chi connectivity index (χ1v) is 6.43. The Morgan fingerprint density at radius 1 is 1.22 bits per heavy atom. The third kappa shape index (κ3) is 2.77. The Labute approximate surface area is 109 Å². The molecule has 0 spiro atoms. The Morgan fingerprint density at radius 2 is 2.00 bits per heavy atom. The van der Waals surface area contributed by atoms with Crippen LogP contribution in [0.4, 0.5) is 0 Å². The maximum atomic E-state index is 5.62. The van der Waals surface area contributed by atoms with E-state index in [1.54, 1.807) is 0 Å². The largest absolute Gasteiger partial charge is 0.330 e. The molecular formula is C16H20N2. The Morgan fingerprint density at radius 3 is 2.72 bits per heavy atom. The summed E-state index contributed by atoms with van der Waals surface area (Å²) in [5.74, 6) is 0.464. The third-order valence-electron chi connectivity index (χ3n) is 3.38. The first kappa shape index (κ1) is 12.8. The summed E-state index contributed by atoms with van der Waals surface area (Å²) in [6.07, 6.45) is 4.88. The molecule has 1 heterocycles. The molecule has 2 rings (SSSR count). The fraction of sp³-hybridized carbons (Fsp3) is 0.312. The number of aromatic nitrogens is 1. The normalized spacial score (nSPS) is 12.4. The Balaban J connectivity index is 2.36. The van der Waals surface area contributed by atoms with Crippen LogP contribution in [0.15, 0.2) is 42.7 Å². The van der Waals surface area contributed by atoms with E-state index in [-0.39, 0.29) is 0 Å². The van der Waals surface area contributed by atoms with Crippen molar-refractivity contribution >= 4 is 0 Å². The summed E-state index contributed by atoms with van der Waals surface area (Å²) >= 11 is 0. The molecule has 1 unspecified atom stereocenters. The molecule has 1 aromatic carbocycles. The highest BCUT2D eigenvalue weighted by molar-refractivity contribution is 5.66. The predicted octanol–water partition coefficient (Wildman–Crippen LogP) is 3.51. The fourth-order valence-electron chi connectivity index (χ4n) is 2.19. The van der Waals surface area contributed by atoms with E-state index in [1.807, 2.05) is 12.4 Å². The van der Waals surface area contributed by atoms with Crippen molar-refractivity contribution in [1.29, 1.82) is 0 Å². The summed E-state index contributed by atoms with van der Waals surface area (Å²) in [6.45, 7) is 5.05. The second-order valence-electron chi connectivity index (χ2n) is 4.80. The minimum absolute atomic E-state index is 0.464. The maximum absolute atomic E-state index is 5.62. The molecular weight excluding hydrogens is 220 g/mol. The van der Waals surface area contributed by atoms with E-state index < -0.39 is 0 Å². The molecule has 2 heteroatoms. The van der Waals surface area contributed by atoms with Crippen molar-refractivity contribution in [3.63, 3.8) is 0 Å². The molecule has 0 aliphatic rings. The molecule has 0 saturated carbocycles. The van der Waals surface area contributed by atoms with Crippen molar-refractivity contribution in [3.05, 3.63) is 53.9 Å². The van der Waals surface area contributed by atoms with Crippen LogP contribution in [0.2, 0.25) is 0 Å². The van der Waals surface area contributed by atoms with Crippen LogP contribution in [0.25, 0.3) is 11.1 Å². The molecule has 1 aromatic heterocycles. The van der Waals surface area contributed by atoms with Crippen molar-refractivity contribution in [1.82, 2.24) is 4.98 Å². The van der Waals surface area contributed by atoms with Gasteiger partial charge in [-0.15, -0.1) is 0 Å². The Bertz CT molecular complexity index is 520. The predicted molar refractivity (Wildman–Crippen MR) is 76.5 cm³/mol. The van der Waals surface area contributed by atoms with Crippen LogP contribution >= 0.6 is 0 Å². The van der Waals surface area contributed by atoms with Gasteiger partial charge in [0.25, 0.3) is 0 Å². The highest BCUT2D eigenvalue weighted by Crippen LogP contribution is 2.26. The number of hydrogen-bond acceptors (Lipinski definition) is 2. The van der Waals surface area contributed by atoms with E-state index in [1.165, 1.54) is 22.3 Å². The number of nitrogens with two attached hydrogens (primary N) is 1. The van der Waals surface area contributed by atoms with Crippen molar-refractivity contribution < 1.29 is 0 Å². The SMILES string of the molecule is Cc1ccccc1-c1cncc(C(C)CCN)c1. The van der Waals surface area contributed by atoms with E-state index in [0.717, 1.165) is 13.0 Å². The van der Waals surface area contributed by atoms with Crippen molar-refractivity contribution in [2.75, 3.05) is 6.54 Å². The van der Waals surface area contributed by atoms with Gasteiger partial charge in [-0.1, -0.05) is 31.2 Å². The van der Waals surface area contributed by atoms with E-state index in [9.17, 15) is 0 Å². The minimum atomic E-state index is 0.464. The molecule has 0 aliphatic carbocycles. The molecule has 0 bridgehead atoms. The lowest BCUT2D eigenvalue weighted by Gasteiger charge is -2.12. The standard InChI is InChI=1S/C16H20N2/c1-12(7-8-17)14-9-15(11-18-10-14)16-6-4-3-5-13(16)2/h3-6,9-12H,7-8,17H2,1-2H3. The van der Waals surface area contributed by atoms with Crippen LogP contribution in [0.3, 0.4) is 0 Å². The number of hydrogen-bond donors (Lipinski definition) is 1. The van der Waals surface area contributed by atoms with Crippen molar-refractivity contribution in [3.8, 4) is 11.1 Å². The summed E-state index contributed by atoms with van der Waals surface area (Å²) in [4.78, 5) is 4.36. The molecule has 94 valence electrons. The maximum Gasteiger partial charge on any atom is 0.0346 e. The minimum Gasteiger partial charge on any atom is -0.330 e. The first-order valence-electron chi connectivity index (χ1n) is 6.43. The molecule has 0 aliphatic heterocycles. The topological polar surface area (TPSA) is 38.9 Å². The van der Waals surface area contributed by atoms with Gasteiger partial charge in [0.1, 0.15) is 0 Å². The second kappa shape index (κ2) is 5.78.